The molecule has 0 saturated heterocycles. The van der Waals surface area contributed by atoms with Crippen LogP contribution in [0.2, 0.25) is 0 Å². The summed E-state index contributed by atoms with van der Waals surface area (Å²) in [4.78, 5) is 11.7. The molecular formula is C16H24O. The number of rotatable bonds is 7. The molecule has 0 saturated carbocycles. The van der Waals surface area contributed by atoms with Crippen LogP contribution in [0.3, 0.4) is 0 Å². The summed E-state index contributed by atoms with van der Waals surface area (Å²) in [6.45, 7) is 6.05. The minimum atomic E-state index is 0.203. The quantitative estimate of drug-likeness (QED) is 0.629. The van der Waals surface area contributed by atoms with Gasteiger partial charge in [-0.15, -0.1) is 0 Å². The highest BCUT2D eigenvalue weighted by Gasteiger charge is 2.07. The number of carbonyl (C=O) groups is 1. The molecule has 0 amide bonds. The highest BCUT2D eigenvalue weighted by atomic mass is 16.1. The Kier molecular flexibility index (Phi) is 5.96. The molecule has 0 N–H and O–H groups in total. The van der Waals surface area contributed by atoms with E-state index in [0.29, 0.717) is 0 Å². The van der Waals surface area contributed by atoms with Crippen LogP contribution in [0.15, 0.2) is 18.2 Å². The largest absolute Gasteiger partial charge is 0.295 e. The zero-order valence-corrected chi connectivity index (χ0v) is 11.4. The van der Waals surface area contributed by atoms with Gasteiger partial charge in [-0.25, -0.2) is 0 Å². The van der Waals surface area contributed by atoms with Crippen molar-refractivity contribution in [2.24, 2.45) is 0 Å². The Hall–Kier alpha value is -1.11. The molecule has 0 aliphatic rings. The fraction of sp³-hybridized carbons (Fsp3) is 0.562. The van der Waals surface area contributed by atoms with Gasteiger partial charge in [-0.1, -0.05) is 38.8 Å². The van der Waals surface area contributed by atoms with Crippen LogP contribution >= 0.6 is 0 Å². The predicted molar refractivity (Wildman–Crippen MR) is 73.7 cm³/mol. The van der Waals surface area contributed by atoms with E-state index in [0.717, 1.165) is 24.8 Å². The van der Waals surface area contributed by atoms with Gasteiger partial charge >= 0.3 is 0 Å². The summed E-state index contributed by atoms with van der Waals surface area (Å²) >= 11 is 0. The van der Waals surface area contributed by atoms with Gasteiger partial charge in [0.1, 0.15) is 0 Å². The van der Waals surface area contributed by atoms with Crippen molar-refractivity contribution in [3.05, 3.63) is 34.9 Å². The lowest BCUT2D eigenvalue weighted by molar-refractivity contribution is 0.101. The molecule has 0 fully saturated rings. The molecule has 1 aromatic rings. The first-order valence-corrected chi connectivity index (χ1v) is 6.81. The molecule has 0 bridgehead atoms. The second kappa shape index (κ2) is 7.26. The Morgan fingerprint density at radius 2 is 1.71 bits per heavy atom. The molecule has 0 aliphatic carbocycles. The van der Waals surface area contributed by atoms with Gasteiger partial charge in [0.2, 0.25) is 0 Å². The Labute approximate surface area is 105 Å². The summed E-state index contributed by atoms with van der Waals surface area (Å²) in [7, 11) is 0. The fourth-order valence-electron chi connectivity index (χ4n) is 2.07. The fourth-order valence-corrected chi connectivity index (χ4v) is 2.07. The van der Waals surface area contributed by atoms with Crippen LogP contribution in [0, 0.1) is 0 Å². The third-order valence-corrected chi connectivity index (χ3v) is 3.17. The molecule has 0 radical (unpaired) electrons. The van der Waals surface area contributed by atoms with Gasteiger partial charge in [-0.2, -0.15) is 0 Å². The van der Waals surface area contributed by atoms with Crippen molar-refractivity contribution < 1.29 is 4.79 Å². The SMILES string of the molecule is CCCCc1ccc(CCCC)c(C(C)=O)c1. The molecule has 0 unspecified atom stereocenters. The van der Waals surface area contributed by atoms with E-state index < -0.39 is 0 Å². The molecule has 0 aliphatic heterocycles. The number of Topliss-reactive ketones (excluding diaryl/α,β-unsaturated/α-hetero) is 1. The van der Waals surface area contributed by atoms with Gasteiger partial charge in [-0.3, -0.25) is 4.79 Å². The molecule has 1 aromatic carbocycles. The van der Waals surface area contributed by atoms with E-state index in [9.17, 15) is 4.79 Å². The topological polar surface area (TPSA) is 17.1 Å². The van der Waals surface area contributed by atoms with Gasteiger partial charge in [0.15, 0.2) is 5.78 Å². The van der Waals surface area contributed by atoms with Gasteiger partial charge in [-0.05, 0) is 49.8 Å². The summed E-state index contributed by atoms with van der Waals surface area (Å²) in [5, 5.41) is 0. The summed E-state index contributed by atoms with van der Waals surface area (Å²) in [5.74, 6) is 0.203. The molecule has 0 spiro atoms. The van der Waals surface area contributed by atoms with E-state index in [1.165, 1.54) is 30.4 Å². The lowest BCUT2D eigenvalue weighted by atomic mass is 9.95. The number of hydrogen-bond acceptors (Lipinski definition) is 1. The number of benzene rings is 1. The first-order chi connectivity index (χ1) is 8.19. The van der Waals surface area contributed by atoms with Crippen LogP contribution in [-0.2, 0) is 12.8 Å². The molecule has 1 rings (SSSR count). The van der Waals surface area contributed by atoms with Crippen molar-refractivity contribution >= 4 is 5.78 Å². The van der Waals surface area contributed by atoms with Gasteiger partial charge < -0.3 is 0 Å². The number of unbranched alkanes of at least 4 members (excludes halogenated alkanes) is 2. The van der Waals surface area contributed by atoms with E-state index in [4.69, 9.17) is 0 Å². The molecular weight excluding hydrogens is 208 g/mol. The lowest BCUT2D eigenvalue weighted by Gasteiger charge is -2.09. The summed E-state index contributed by atoms with van der Waals surface area (Å²) in [5.41, 5.74) is 3.46. The van der Waals surface area contributed by atoms with Crippen LogP contribution in [0.5, 0.6) is 0 Å². The van der Waals surface area contributed by atoms with Crippen LogP contribution in [0.25, 0.3) is 0 Å². The maximum atomic E-state index is 11.7. The Balaban J connectivity index is 2.87. The van der Waals surface area contributed by atoms with Crippen molar-refractivity contribution in [3.8, 4) is 0 Å². The van der Waals surface area contributed by atoms with Crippen LogP contribution in [-0.4, -0.2) is 5.78 Å². The standard InChI is InChI=1S/C16H24O/c1-4-6-8-14-10-11-15(9-7-5-2)16(12-14)13(3)17/h10-12H,4-9H2,1-3H3. The van der Waals surface area contributed by atoms with Gasteiger partial charge in [0.25, 0.3) is 0 Å². The lowest BCUT2D eigenvalue weighted by Crippen LogP contribution is -2.01. The van der Waals surface area contributed by atoms with Crippen molar-refractivity contribution in [1.82, 2.24) is 0 Å². The van der Waals surface area contributed by atoms with Gasteiger partial charge in [0, 0.05) is 5.56 Å². The van der Waals surface area contributed by atoms with E-state index in [-0.39, 0.29) is 5.78 Å². The van der Waals surface area contributed by atoms with Crippen molar-refractivity contribution in [2.45, 2.75) is 59.3 Å². The second-order valence-electron chi connectivity index (χ2n) is 4.75. The normalized spacial score (nSPS) is 10.5. The van der Waals surface area contributed by atoms with Crippen molar-refractivity contribution in [3.63, 3.8) is 0 Å². The van der Waals surface area contributed by atoms with Crippen LogP contribution in [0.1, 0.15) is 67.9 Å². The predicted octanol–water partition coefficient (Wildman–Crippen LogP) is 4.57. The number of aryl methyl sites for hydroxylation is 2. The smallest absolute Gasteiger partial charge is 0.160 e. The van der Waals surface area contributed by atoms with E-state index in [1.54, 1.807) is 6.92 Å². The van der Waals surface area contributed by atoms with Crippen molar-refractivity contribution in [2.75, 3.05) is 0 Å². The second-order valence-corrected chi connectivity index (χ2v) is 4.75. The Morgan fingerprint density at radius 3 is 2.29 bits per heavy atom. The molecule has 0 aromatic heterocycles. The van der Waals surface area contributed by atoms with Crippen LogP contribution in [0.4, 0.5) is 0 Å². The third-order valence-electron chi connectivity index (χ3n) is 3.17. The Bertz CT molecular complexity index is 366. The maximum absolute atomic E-state index is 11.7. The van der Waals surface area contributed by atoms with E-state index >= 15 is 0 Å². The molecule has 1 nitrogen and oxygen atoms in total. The molecule has 17 heavy (non-hydrogen) atoms. The van der Waals surface area contributed by atoms with E-state index in [1.807, 2.05) is 0 Å². The van der Waals surface area contributed by atoms with E-state index in [2.05, 4.69) is 32.0 Å². The minimum absolute atomic E-state index is 0.203. The minimum Gasteiger partial charge on any atom is -0.295 e. The average molecular weight is 232 g/mol. The summed E-state index contributed by atoms with van der Waals surface area (Å²) in [6, 6.07) is 6.44. The number of hydrogen-bond donors (Lipinski definition) is 0. The molecule has 0 heterocycles. The number of carbonyl (C=O) groups excluding carboxylic acids is 1. The first kappa shape index (κ1) is 14.0. The third kappa shape index (κ3) is 4.33. The molecule has 0 atom stereocenters. The maximum Gasteiger partial charge on any atom is 0.160 e. The van der Waals surface area contributed by atoms with Crippen molar-refractivity contribution in [1.29, 1.82) is 0 Å². The molecule has 94 valence electrons. The zero-order valence-electron chi connectivity index (χ0n) is 11.4. The summed E-state index contributed by atoms with van der Waals surface area (Å²) in [6.07, 6.45) is 6.85. The highest BCUT2D eigenvalue weighted by molar-refractivity contribution is 5.95. The first-order valence-electron chi connectivity index (χ1n) is 6.81. The van der Waals surface area contributed by atoms with Gasteiger partial charge in [0.05, 0.1) is 0 Å². The Morgan fingerprint density at radius 1 is 1.06 bits per heavy atom. The monoisotopic (exact) mass is 232 g/mol. The number of ketones is 1. The zero-order chi connectivity index (χ0) is 12.7. The molecule has 1 heteroatoms. The average Bonchev–Trinajstić information content (AvgIpc) is 2.34. The summed E-state index contributed by atoms with van der Waals surface area (Å²) < 4.78 is 0. The van der Waals surface area contributed by atoms with Crippen LogP contribution < -0.4 is 0 Å². The highest BCUT2D eigenvalue weighted by Crippen LogP contribution is 2.17.